The number of hydrogen-bond donors (Lipinski definition) is 1. The van der Waals surface area contributed by atoms with E-state index in [4.69, 9.17) is 18.0 Å². The molecule has 0 bridgehead atoms. The number of ether oxygens (including phenoxy) is 1. The molecule has 0 unspecified atom stereocenters. The first kappa shape index (κ1) is 19.3. The zero-order valence-corrected chi connectivity index (χ0v) is 14.2. The Morgan fingerprint density at radius 1 is 1.10 bits per heavy atom. The Hall–Kier alpha value is -0.673. The van der Waals surface area contributed by atoms with Gasteiger partial charge in [0.05, 0.1) is 6.61 Å². The summed E-state index contributed by atoms with van der Waals surface area (Å²) in [6, 6.07) is 0.650. The fraction of sp³-hybridized carbons (Fsp3) is 0.917. The smallest absolute Gasteiger partial charge is 0.450 e. The molecule has 0 atom stereocenters. The molecule has 0 heterocycles. The monoisotopic (exact) mass is 308 g/mol. The number of amides is 1. The molecule has 8 heteroatoms. The first-order valence-electron chi connectivity index (χ1n) is 6.70. The van der Waals surface area contributed by atoms with Gasteiger partial charge in [-0.3, -0.25) is 0 Å². The number of nitrogens with one attached hydrogen (secondary N) is 1. The molecule has 0 radical (unpaired) electrons. The molecule has 0 rings (SSSR count). The molecule has 0 aliphatic heterocycles. The van der Waals surface area contributed by atoms with Gasteiger partial charge in [-0.1, -0.05) is 0 Å². The van der Waals surface area contributed by atoms with Gasteiger partial charge < -0.3 is 28.2 Å². The number of nitrogens with zero attached hydrogens (tertiary/aromatic N) is 1. The van der Waals surface area contributed by atoms with E-state index < -0.39 is 8.80 Å². The molecule has 0 aromatic heterocycles. The van der Waals surface area contributed by atoms with Crippen molar-refractivity contribution in [2.24, 2.45) is 0 Å². The Labute approximate surface area is 122 Å². The van der Waals surface area contributed by atoms with Gasteiger partial charge in [-0.15, -0.1) is 0 Å². The van der Waals surface area contributed by atoms with Crippen LogP contribution in [0.25, 0.3) is 0 Å². The van der Waals surface area contributed by atoms with E-state index in [1.807, 2.05) is 19.0 Å². The molecular formula is C12H28N2O5Si. The minimum absolute atomic E-state index is 0.386. The predicted octanol–water partition coefficient (Wildman–Crippen LogP) is 0.933. The largest absolute Gasteiger partial charge is 0.500 e. The average Bonchev–Trinajstić information content (AvgIpc) is 2.44. The molecule has 0 aliphatic carbocycles. The number of alkyl carbamates (subject to hydrolysis) is 1. The topological polar surface area (TPSA) is 69.3 Å². The Balaban J connectivity index is 3.66. The molecule has 20 heavy (non-hydrogen) atoms. The Kier molecular flexibility index (Phi) is 10.7. The van der Waals surface area contributed by atoms with Crippen LogP contribution in [0.1, 0.15) is 12.8 Å². The minimum Gasteiger partial charge on any atom is -0.450 e. The summed E-state index contributed by atoms with van der Waals surface area (Å²) in [5.74, 6) is 0. The first-order chi connectivity index (χ1) is 9.49. The molecular weight excluding hydrogens is 280 g/mol. The van der Waals surface area contributed by atoms with E-state index in [1.165, 1.54) is 0 Å². The van der Waals surface area contributed by atoms with Gasteiger partial charge in [-0.25, -0.2) is 4.79 Å². The number of hydrogen-bond acceptors (Lipinski definition) is 6. The number of carbonyl (C=O) groups excluding carboxylic acids is 1. The second kappa shape index (κ2) is 11.0. The lowest BCUT2D eigenvalue weighted by Crippen LogP contribution is -2.43. The molecule has 0 saturated carbocycles. The SMILES string of the molecule is CO[Si](CCCNC(=O)OCCCN(C)C)(OC)OC. The molecule has 0 saturated heterocycles. The summed E-state index contributed by atoms with van der Waals surface area (Å²) in [6.45, 7) is 1.84. The van der Waals surface area contributed by atoms with E-state index in [9.17, 15) is 4.79 Å². The van der Waals surface area contributed by atoms with Crippen LogP contribution in [0.5, 0.6) is 0 Å². The van der Waals surface area contributed by atoms with Crippen molar-refractivity contribution < 1.29 is 22.8 Å². The fourth-order valence-corrected chi connectivity index (χ4v) is 3.37. The van der Waals surface area contributed by atoms with Gasteiger partial charge in [0.25, 0.3) is 0 Å². The van der Waals surface area contributed by atoms with E-state index in [0.717, 1.165) is 13.0 Å². The van der Waals surface area contributed by atoms with Gasteiger partial charge in [0.1, 0.15) is 0 Å². The van der Waals surface area contributed by atoms with Crippen LogP contribution in [0.3, 0.4) is 0 Å². The maximum absolute atomic E-state index is 11.4. The first-order valence-corrected chi connectivity index (χ1v) is 8.63. The highest BCUT2D eigenvalue weighted by Gasteiger charge is 2.36. The van der Waals surface area contributed by atoms with Crippen molar-refractivity contribution in [3.63, 3.8) is 0 Å². The summed E-state index contributed by atoms with van der Waals surface area (Å²) in [5, 5.41) is 2.70. The molecule has 1 amide bonds. The van der Waals surface area contributed by atoms with Crippen molar-refractivity contribution in [2.75, 3.05) is 55.1 Å². The van der Waals surface area contributed by atoms with Crippen LogP contribution >= 0.6 is 0 Å². The standard InChI is InChI=1S/C12H28N2O5Si/c1-14(2)9-7-10-19-12(15)13-8-6-11-20(16-3,17-4)18-5/h6-11H2,1-5H3,(H,13,15). The summed E-state index contributed by atoms with van der Waals surface area (Å²) >= 11 is 0. The minimum atomic E-state index is -2.53. The Morgan fingerprint density at radius 3 is 2.20 bits per heavy atom. The quantitative estimate of drug-likeness (QED) is 0.452. The third-order valence-corrected chi connectivity index (χ3v) is 5.68. The zero-order valence-electron chi connectivity index (χ0n) is 13.2. The van der Waals surface area contributed by atoms with E-state index in [1.54, 1.807) is 21.3 Å². The summed E-state index contributed by atoms with van der Waals surface area (Å²) < 4.78 is 20.9. The van der Waals surface area contributed by atoms with Crippen LogP contribution in [0, 0.1) is 0 Å². The molecule has 0 aromatic rings. The van der Waals surface area contributed by atoms with Crippen molar-refractivity contribution in [1.29, 1.82) is 0 Å². The van der Waals surface area contributed by atoms with Crippen LogP contribution in [-0.2, 0) is 18.0 Å². The fourth-order valence-electron chi connectivity index (χ4n) is 1.65. The summed E-state index contributed by atoms with van der Waals surface area (Å²) in [6.07, 6.45) is 1.16. The van der Waals surface area contributed by atoms with Crippen molar-refractivity contribution in [3.8, 4) is 0 Å². The Morgan fingerprint density at radius 2 is 1.70 bits per heavy atom. The summed E-state index contributed by atoms with van der Waals surface area (Å²) in [4.78, 5) is 13.4. The lowest BCUT2D eigenvalue weighted by atomic mass is 10.4. The zero-order chi connectivity index (χ0) is 15.4. The molecule has 0 aliphatic rings. The van der Waals surface area contributed by atoms with E-state index in [2.05, 4.69) is 5.32 Å². The Bertz CT molecular complexity index is 254. The predicted molar refractivity (Wildman–Crippen MR) is 78.7 cm³/mol. The highest BCUT2D eigenvalue weighted by atomic mass is 28.4. The maximum atomic E-state index is 11.4. The second-order valence-corrected chi connectivity index (χ2v) is 7.71. The van der Waals surface area contributed by atoms with Gasteiger partial charge in [-0.05, 0) is 26.9 Å². The van der Waals surface area contributed by atoms with Gasteiger partial charge in [-0.2, -0.15) is 0 Å². The van der Waals surface area contributed by atoms with Crippen LogP contribution in [-0.4, -0.2) is 74.9 Å². The van der Waals surface area contributed by atoms with Crippen molar-refractivity contribution in [1.82, 2.24) is 10.2 Å². The lowest BCUT2D eigenvalue weighted by Gasteiger charge is -2.24. The molecule has 1 N–H and O–H groups in total. The molecule has 0 fully saturated rings. The van der Waals surface area contributed by atoms with E-state index in [0.29, 0.717) is 25.6 Å². The van der Waals surface area contributed by atoms with Crippen molar-refractivity contribution >= 4 is 14.9 Å². The normalized spacial score (nSPS) is 11.7. The molecule has 7 nitrogen and oxygen atoms in total. The van der Waals surface area contributed by atoms with Gasteiger partial charge >= 0.3 is 14.9 Å². The van der Waals surface area contributed by atoms with Gasteiger partial charge in [0, 0.05) is 40.5 Å². The van der Waals surface area contributed by atoms with Crippen LogP contribution in [0.2, 0.25) is 6.04 Å². The van der Waals surface area contributed by atoms with E-state index >= 15 is 0 Å². The van der Waals surface area contributed by atoms with Crippen molar-refractivity contribution in [3.05, 3.63) is 0 Å². The third kappa shape index (κ3) is 8.49. The van der Waals surface area contributed by atoms with Crippen molar-refractivity contribution in [2.45, 2.75) is 18.9 Å². The number of rotatable bonds is 11. The molecule has 0 aromatic carbocycles. The highest BCUT2D eigenvalue weighted by Crippen LogP contribution is 2.14. The highest BCUT2D eigenvalue weighted by molar-refractivity contribution is 6.60. The third-order valence-electron chi connectivity index (χ3n) is 2.84. The summed E-state index contributed by atoms with van der Waals surface area (Å²) in [7, 11) is 6.16. The van der Waals surface area contributed by atoms with Crippen LogP contribution in [0.15, 0.2) is 0 Å². The van der Waals surface area contributed by atoms with Gasteiger partial charge in [0.15, 0.2) is 0 Å². The summed E-state index contributed by atoms with van der Waals surface area (Å²) in [5.41, 5.74) is 0. The lowest BCUT2D eigenvalue weighted by molar-refractivity contribution is 0.122. The number of carbonyl (C=O) groups is 1. The maximum Gasteiger partial charge on any atom is 0.500 e. The second-order valence-electron chi connectivity index (χ2n) is 4.62. The molecule has 120 valence electrons. The van der Waals surface area contributed by atoms with E-state index in [-0.39, 0.29) is 6.09 Å². The van der Waals surface area contributed by atoms with Crippen LogP contribution < -0.4 is 5.32 Å². The van der Waals surface area contributed by atoms with Gasteiger partial charge in [0.2, 0.25) is 0 Å². The molecule has 0 spiro atoms. The average molecular weight is 308 g/mol. The van der Waals surface area contributed by atoms with Crippen LogP contribution in [0.4, 0.5) is 4.79 Å².